The summed E-state index contributed by atoms with van der Waals surface area (Å²) in [5.41, 5.74) is 5.19. The highest BCUT2D eigenvalue weighted by Crippen LogP contribution is 2.27. The summed E-state index contributed by atoms with van der Waals surface area (Å²) in [7, 11) is 0. The molecule has 0 saturated carbocycles. The molecule has 0 fully saturated rings. The maximum Gasteiger partial charge on any atom is 0.394 e. The van der Waals surface area contributed by atoms with Gasteiger partial charge < -0.3 is 10.3 Å². The number of para-hydroxylation sites is 1. The van der Waals surface area contributed by atoms with Gasteiger partial charge in [-0.3, -0.25) is 4.79 Å². The van der Waals surface area contributed by atoms with Crippen molar-refractivity contribution in [3.8, 4) is 0 Å². The molecule has 1 unspecified atom stereocenters. The molecule has 19 heavy (non-hydrogen) atoms. The van der Waals surface area contributed by atoms with Crippen molar-refractivity contribution in [2.45, 2.75) is 12.7 Å². The first-order valence-corrected chi connectivity index (χ1v) is 5.79. The highest BCUT2D eigenvalue weighted by Gasteiger charge is 2.38. The Bertz CT molecular complexity index is 634. The first-order valence-electron chi connectivity index (χ1n) is 5.79. The molecule has 3 nitrogen and oxygen atoms in total. The van der Waals surface area contributed by atoms with Gasteiger partial charge in [0.1, 0.15) is 0 Å². The molecule has 2 rings (SSSR count). The van der Waals surface area contributed by atoms with E-state index in [0.29, 0.717) is 5.52 Å². The maximum atomic E-state index is 12.7. The van der Waals surface area contributed by atoms with Crippen LogP contribution in [0.1, 0.15) is 0 Å². The molecule has 0 saturated heterocycles. The number of fused-ring (bicyclic) bond motifs is 1. The normalized spacial score (nSPS) is 13.7. The quantitative estimate of drug-likeness (QED) is 0.928. The fraction of sp³-hybridized carbons (Fsp3) is 0.308. The van der Waals surface area contributed by atoms with E-state index in [0.717, 1.165) is 9.95 Å². The minimum Gasteiger partial charge on any atom is -0.330 e. The number of nitrogens with zero attached hydrogens (tertiary/aromatic N) is 1. The number of pyridine rings is 1. The van der Waals surface area contributed by atoms with Gasteiger partial charge in [-0.25, -0.2) is 0 Å². The van der Waals surface area contributed by atoms with E-state index in [1.165, 1.54) is 6.07 Å². The largest absolute Gasteiger partial charge is 0.394 e. The topological polar surface area (TPSA) is 48.0 Å². The van der Waals surface area contributed by atoms with Gasteiger partial charge in [0.2, 0.25) is 0 Å². The fourth-order valence-corrected chi connectivity index (χ4v) is 1.96. The van der Waals surface area contributed by atoms with Crippen molar-refractivity contribution >= 4 is 10.9 Å². The fourth-order valence-electron chi connectivity index (χ4n) is 1.96. The van der Waals surface area contributed by atoms with E-state index < -0.39 is 30.7 Å². The molecular weight excluding hydrogens is 257 g/mol. The molecule has 0 spiro atoms. The summed E-state index contributed by atoms with van der Waals surface area (Å²) in [4.78, 5) is 11.8. The van der Waals surface area contributed by atoms with Crippen LogP contribution in [-0.4, -0.2) is 17.3 Å². The van der Waals surface area contributed by atoms with Gasteiger partial charge >= 0.3 is 6.18 Å². The second-order valence-electron chi connectivity index (χ2n) is 4.32. The van der Waals surface area contributed by atoms with Crippen LogP contribution < -0.4 is 11.3 Å². The van der Waals surface area contributed by atoms with Gasteiger partial charge in [-0.15, -0.1) is 0 Å². The number of aromatic nitrogens is 1. The zero-order valence-electron chi connectivity index (χ0n) is 10.0. The Morgan fingerprint density at radius 2 is 1.84 bits per heavy atom. The third kappa shape index (κ3) is 2.78. The number of alkyl halides is 3. The Labute approximate surface area is 107 Å². The van der Waals surface area contributed by atoms with Gasteiger partial charge in [-0.2, -0.15) is 13.2 Å². The number of nitrogens with two attached hydrogens (primary N) is 1. The second kappa shape index (κ2) is 5.05. The minimum atomic E-state index is -4.41. The van der Waals surface area contributed by atoms with Gasteiger partial charge in [0.15, 0.2) is 0 Å². The Hall–Kier alpha value is -1.82. The van der Waals surface area contributed by atoms with Gasteiger partial charge in [-0.1, -0.05) is 18.2 Å². The highest BCUT2D eigenvalue weighted by atomic mass is 19.4. The smallest absolute Gasteiger partial charge is 0.330 e. The monoisotopic (exact) mass is 270 g/mol. The van der Waals surface area contributed by atoms with Gasteiger partial charge in [0.25, 0.3) is 5.56 Å². The van der Waals surface area contributed by atoms with Crippen LogP contribution in [0.3, 0.4) is 0 Å². The molecule has 0 bridgehead atoms. The molecule has 0 radical (unpaired) electrons. The number of rotatable bonds is 3. The van der Waals surface area contributed by atoms with Crippen molar-refractivity contribution in [3.05, 3.63) is 46.8 Å². The predicted octanol–water partition coefficient (Wildman–Crippen LogP) is 2.14. The van der Waals surface area contributed by atoms with E-state index in [1.54, 1.807) is 30.3 Å². The summed E-state index contributed by atoms with van der Waals surface area (Å²) >= 11 is 0. The molecule has 0 aliphatic rings. The van der Waals surface area contributed by atoms with E-state index >= 15 is 0 Å². The van der Waals surface area contributed by atoms with Crippen LogP contribution >= 0.6 is 0 Å². The average molecular weight is 270 g/mol. The number of halogens is 3. The second-order valence-corrected chi connectivity index (χ2v) is 4.32. The number of hydrogen-bond donors (Lipinski definition) is 1. The van der Waals surface area contributed by atoms with Crippen LogP contribution in [0.15, 0.2) is 41.2 Å². The highest BCUT2D eigenvalue weighted by molar-refractivity contribution is 5.78. The Morgan fingerprint density at radius 3 is 2.47 bits per heavy atom. The van der Waals surface area contributed by atoms with Gasteiger partial charge in [-0.05, 0) is 17.5 Å². The summed E-state index contributed by atoms with van der Waals surface area (Å²) < 4.78 is 39.4. The van der Waals surface area contributed by atoms with Crippen molar-refractivity contribution in [2.24, 2.45) is 11.7 Å². The lowest BCUT2D eigenvalue weighted by atomic mass is 10.1. The van der Waals surface area contributed by atoms with Crippen LogP contribution in [-0.2, 0) is 6.54 Å². The lowest BCUT2D eigenvalue weighted by Crippen LogP contribution is -2.36. The minimum absolute atomic E-state index is 0.457. The molecule has 1 atom stereocenters. The van der Waals surface area contributed by atoms with Gasteiger partial charge in [0, 0.05) is 19.2 Å². The van der Waals surface area contributed by atoms with Crippen molar-refractivity contribution in [3.63, 3.8) is 0 Å². The van der Waals surface area contributed by atoms with Crippen LogP contribution in [0.4, 0.5) is 13.2 Å². The maximum absolute atomic E-state index is 12.7. The molecular formula is C13H13F3N2O. The van der Waals surface area contributed by atoms with Gasteiger partial charge in [0.05, 0.1) is 11.4 Å². The van der Waals surface area contributed by atoms with E-state index in [9.17, 15) is 18.0 Å². The van der Waals surface area contributed by atoms with Crippen LogP contribution in [0.25, 0.3) is 10.9 Å². The summed E-state index contributed by atoms with van der Waals surface area (Å²) in [5, 5.41) is 0.722. The molecule has 0 amide bonds. The SMILES string of the molecule is NCC(Cn1c(=O)ccc2ccccc21)C(F)(F)F. The molecule has 1 aromatic heterocycles. The van der Waals surface area contributed by atoms with E-state index in [1.807, 2.05) is 0 Å². The third-order valence-corrected chi connectivity index (χ3v) is 3.05. The van der Waals surface area contributed by atoms with E-state index in [-0.39, 0.29) is 0 Å². The Kier molecular flexibility index (Phi) is 3.61. The summed E-state index contributed by atoms with van der Waals surface area (Å²) in [6.45, 7) is -1.00. The van der Waals surface area contributed by atoms with E-state index in [2.05, 4.69) is 0 Å². The lowest BCUT2D eigenvalue weighted by Gasteiger charge is -2.20. The van der Waals surface area contributed by atoms with Crippen molar-refractivity contribution < 1.29 is 13.2 Å². The van der Waals surface area contributed by atoms with Crippen molar-refractivity contribution in [2.75, 3.05) is 6.54 Å². The zero-order valence-corrected chi connectivity index (χ0v) is 10.0. The zero-order chi connectivity index (χ0) is 14.0. The molecule has 102 valence electrons. The molecule has 0 aliphatic heterocycles. The summed E-state index contributed by atoms with van der Waals surface area (Å²) in [5.74, 6) is -1.73. The van der Waals surface area contributed by atoms with E-state index in [4.69, 9.17) is 5.73 Å². The number of hydrogen-bond acceptors (Lipinski definition) is 2. The Balaban J connectivity index is 2.50. The van der Waals surface area contributed by atoms with Crippen molar-refractivity contribution in [1.82, 2.24) is 4.57 Å². The average Bonchev–Trinajstić information content (AvgIpc) is 2.36. The van der Waals surface area contributed by atoms with Crippen LogP contribution in [0, 0.1) is 5.92 Å². The first-order chi connectivity index (χ1) is 8.93. The Morgan fingerprint density at radius 1 is 1.16 bits per heavy atom. The standard InChI is InChI=1S/C13H13F3N2O/c14-13(15,16)10(7-17)8-18-11-4-2-1-3-9(11)5-6-12(18)19/h1-6,10H,7-8,17H2. The molecule has 2 N–H and O–H groups in total. The molecule has 0 aliphatic carbocycles. The van der Waals surface area contributed by atoms with Crippen LogP contribution in [0.2, 0.25) is 0 Å². The number of benzene rings is 1. The lowest BCUT2D eigenvalue weighted by molar-refractivity contribution is -0.175. The summed E-state index contributed by atoms with van der Waals surface area (Å²) in [6.07, 6.45) is -4.41. The predicted molar refractivity (Wildman–Crippen MR) is 66.8 cm³/mol. The third-order valence-electron chi connectivity index (χ3n) is 3.05. The molecule has 1 aromatic carbocycles. The first kappa shape index (κ1) is 13.6. The molecule has 2 aromatic rings. The summed E-state index contributed by atoms with van der Waals surface area (Å²) in [6, 6.07) is 9.69. The molecule has 6 heteroatoms. The molecule has 1 heterocycles. The van der Waals surface area contributed by atoms with Crippen molar-refractivity contribution in [1.29, 1.82) is 0 Å². The van der Waals surface area contributed by atoms with Crippen LogP contribution in [0.5, 0.6) is 0 Å².